The molecule has 0 saturated carbocycles. The third-order valence-corrected chi connectivity index (χ3v) is 7.81. The number of fused-ring (bicyclic) bond motifs is 1. The fourth-order valence-corrected chi connectivity index (χ4v) is 5.97. The molecule has 2 aliphatic heterocycles. The normalized spacial score (nSPS) is 19.9. The summed E-state index contributed by atoms with van der Waals surface area (Å²) in [5, 5.41) is 1.81. The molecule has 0 aromatic heterocycles. The molecule has 2 aromatic rings. The molecule has 1 fully saturated rings. The summed E-state index contributed by atoms with van der Waals surface area (Å²) in [4.78, 5) is 24.5. The molecular formula is C24H27N3OS2. The fourth-order valence-electron chi connectivity index (χ4n) is 3.55. The van der Waals surface area contributed by atoms with Gasteiger partial charge in [0.1, 0.15) is 9.93 Å². The van der Waals surface area contributed by atoms with E-state index >= 15 is 0 Å². The van der Waals surface area contributed by atoms with Gasteiger partial charge in [-0.2, -0.15) is 0 Å². The van der Waals surface area contributed by atoms with Crippen molar-refractivity contribution in [3.63, 3.8) is 0 Å². The summed E-state index contributed by atoms with van der Waals surface area (Å²) < 4.78 is 0. The van der Waals surface area contributed by atoms with Crippen LogP contribution in [0.3, 0.4) is 0 Å². The average molecular weight is 438 g/mol. The quantitative estimate of drug-likeness (QED) is 0.502. The van der Waals surface area contributed by atoms with Crippen LogP contribution in [-0.2, 0) is 4.79 Å². The molecule has 2 aliphatic rings. The predicted molar refractivity (Wildman–Crippen MR) is 130 cm³/mol. The van der Waals surface area contributed by atoms with Gasteiger partial charge in [0, 0.05) is 18.0 Å². The van der Waals surface area contributed by atoms with Crippen LogP contribution in [0.5, 0.6) is 0 Å². The Bertz CT molecular complexity index is 1040. The van der Waals surface area contributed by atoms with Crippen LogP contribution < -0.4 is 4.90 Å². The van der Waals surface area contributed by atoms with Crippen LogP contribution in [0.2, 0.25) is 0 Å². The van der Waals surface area contributed by atoms with Crippen LogP contribution in [0.4, 0.5) is 11.4 Å². The molecule has 0 N–H and O–H groups in total. The van der Waals surface area contributed by atoms with E-state index in [0.29, 0.717) is 6.54 Å². The summed E-state index contributed by atoms with van der Waals surface area (Å²) >= 11 is 3.20. The number of amides is 1. The lowest BCUT2D eigenvalue weighted by Gasteiger charge is -2.19. The van der Waals surface area contributed by atoms with E-state index in [2.05, 4.69) is 69.0 Å². The summed E-state index contributed by atoms with van der Waals surface area (Å²) in [5.74, 6) is 0.0739. The first-order valence-electron chi connectivity index (χ1n) is 10.5. The summed E-state index contributed by atoms with van der Waals surface area (Å²) in [7, 11) is 0. The number of aliphatic imine (C=N–C) groups is 1. The molecule has 4 rings (SSSR count). The summed E-state index contributed by atoms with van der Waals surface area (Å²) in [6, 6.07) is 14.6. The van der Waals surface area contributed by atoms with Crippen LogP contribution in [0.1, 0.15) is 37.8 Å². The van der Waals surface area contributed by atoms with Gasteiger partial charge in [0.05, 0.1) is 11.4 Å². The predicted octanol–water partition coefficient (Wildman–Crippen LogP) is 6.47. The zero-order valence-corrected chi connectivity index (χ0v) is 19.6. The average Bonchev–Trinajstić information content (AvgIpc) is 3.26. The van der Waals surface area contributed by atoms with Crippen LogP contribution >= 0.6 is 23.5 Å². The molecule has 0 aliphatic carbocycles. The highest BCUT2D eigenvalue weighted by Crippen LogP contribution is 2.50. The molecule has 30 heavy (non-hydrogen) atoms. The van der Waals surface area contributed by atoms with E-state index in [1.807, 2.05) is 11.0 Å². The fraction of sp³-hybridized carbons (Fsp3) is 0.333. The molecule has 0 radical (unpaired) electrons. The molecule has 156 valence electrons. The minimum absolute atomic E-state index is 0.0739. The van der Waals surface area contributed by atoms with E-state index in [-0.39, 0.29) is 5.91 Å². The minimum Gasteiger partial charge on any atom is -0.334 e. The first-order valence-corrected chi connectivity index (χ1v) is 12.1. The molecule has 0 atom stereocenters. The largest absolute Gasteiger partial charge is 0.334 e. The summed E-state index contributed by atoms with van der Waals surface area (Å²) in [6.07, 6.45) is 2.00. The van der Waals surface area contributed by atoms with E-state index < -0.39 is 0 Å². The standard InChI is InChI=1S/C24H27N3OS2/c1-5-7-14-27-22(28)21(23-26(6-2)19-10-8-9-11-20(19)29-23)30-24(27)25-18-13-12-16(3)17(4)15-18/h8-13,15H,5-7,14H2,1-4H3. The number of amidine groups is 1. The van der Waals surface area contributed by atoms with Gasteiger partial charge in [-0.15, -0.1) is 0 Å². The number of thioether (sulfide) groups is 2. The van der Waals surface area contributed by atoms with Crippen molar-refractivity contribution in [1.29, 1.82) is 0 Å². The number of para-hydroxylation sites is 1. The first-order chi connectivity index (χ1) is 14.5. The molecular weight excluding hydrogens is 410 g/mol. The Hall–Kier alpha value is -2.18. The van der Waals surface area contributed by atoms with Crippen molar-refractivity contribution < 1.29 is 4.79 Å². The number of aryl methyl sites for hydroxylation is 2. The second kappa shape index (κ2) is 8.90. The van der Waals surface area contributed by atoms with Gasteiger partial charge in [-0.25, -0.2) is 4.99 Å². The lowest BCUT2D eigenvalue weighted by Crippen LogP contribution is -2.30. The number of hydrogen-bond donors (Lipinski definition) is 0. The van der Waals surface area contributed by atoms with Gasteiger partial charge in [-0.05, 0) is 74.3 Å². The lowest BCUT2D eigenvalue weighted by molar-refractivity contribution is -0.122. The van der Waals surface area contributed by atoms with Crippen LogP contribution in [0, 0.1) is 13.8 Å². The Morgan fingerprint density at radius 1 is 0.967 bits per heavy atom. The number of carbonyl (C=O) groups excluding carboxylic acids is 1. The zero-order valence-electron chi connectivity index (χ0n) is 17.9. The summed E-state index contributed by atoms with van der Waals surface area (Å²) in [6.45, 7) is 10.0. The zero-order chi connectivity index (χ0) is 21.3. The number of carbonyl (C=O) groups is 1. The molecule has 0 spiro atoms. The minimum atomic E-state index is 0.0739. The number of anilines is 1. The van der Waals surface area contributed by atoms with Crippen molar-refractivity contribution in [2.24, 2.45) is 4.99 Å². The van der Waals surface area contributed by atoms with Crippen LogP contribution in [0.25, 0.3) is 0 Å². The van der Waals surface area contributed by atoms with E-state index in [1.165, 1.54) is 33.5 Å². The van der Waals surface area contributed by atoms with Gasteiger partial charge in [-0.1, -0.05) is 43.3 Å². The molecule has 0 bridgehead atoms. The van der Waals surface area contributed by atoms with Crippen molar-refractivity contribution in [1.82, 2.24) is 4.90 Å². The number of hydrogen-bond acceptors (Lipinski definition) is 5. The molecule has 1 saturated heterocycles. The molecule has 2 heterocycles. The second-order valence-corrected chi connectivity index (χ2v) is 9.53. The van der Waals surface area contributed by atoms with Crippen LogP contribution in [0.15, 0.2) is 62.3 Å². The van der Waals surface area contributed by atoms with E-state index in [4.69, 9.17) is 4.99 Å². The Morgan fingerprint density at radius 3 is 2.50 bits per heavy atom. The summed E-state index contributed by atoms with van der Waals surface area (Å²) in [5.41, 5.74) is 4.54. The van der Waals surface area contributed by atoms with Crippen molar-refractivity contribution in [3.8, 4) is 0 Å². The number of rotatable bonds is 5. The van der Waals surface area contributed by atoms with Crippen molar-refractivity contribution in [2.45, 2.75) is 45.4 Å². The third-order valence-electron chi connectivity index (χ3n) is 5.43. The Kier molecular flexibility index (Phi) is 6.25. The highest BCUT2D eigenvalue weighted by atomic mass is 32.2. The van der Waals surface area contributed by atoms with E-state index in [9.17, 15) is 4.79 Å². The first kappa shape index (κ1) is 21.1. The molecule has 6 heteroatoms. The molecule has 0 unspecified atom stereocenters. The van der Waals surface area contributed by atoms with Gasteiger partial charge >= 0.3 is 0 Å². The van der Waals surface area contributed by atoms with Gasteiger partial charge in [0.2, 0.25) is 0 Å². The highest BCUT2D eigenvalue weighted by molar-refractivity contribution is 8.19. The Morgan fingerprint density at radius 2 is 1.77 bits per heavy atom. The Labute approximate surface area is 187 Å². The second-order valence-electron chi connectivity index (χ2n) is 7.52. The van der Waals surface area contributed by atoms with Gasteiger partial charge in [-0.3, -0.25) is 9.69 Å². The SMILES string of the molecule is CCCCN1C(=O)C(=C2Sc3ccccc3N2CC)SC1=Nc1ccc(C)c(C)c1. The van der Waals surface area contributed by atoms with Gasteiger partial charge in [0.25, 0.3) is 5.91 Å². The maximum absolute atomic E-state index is 13.5. The number of unbranched alkanes of at least 4 members (excludes halogenated alkanes) is 1. The monoisotopic (exact) mass is 437 g/mol. The van der Waals surface area contributed by atoms with Crippen molar-refractivity contribution >= 4 is 46.0 Å². The highest BCUT2D eigenvalue weighted by Gasteiger charge is 2.39. The molecule has 4 nitrogen and oxygen atoms in total. The van der Waals surface area contributed by atoms with Crippen molar-refractivity contribution in [2.75, 3.05) is 18.0 Å². The molecule has 1 amide bonds. The maximum Gasteiger partial charge on any atom is 0.269 e. The maximum atomic E-state index is 13.5. The van der Waals surface area contributed by atoms with Crippen molar-refractivity contribution in [3.05, 3.63) is 63.5 Å². The van der Waals surface area contributed by atoms with E-state index in [1.54, 1.807) is 11.8 Å². The van der Waals surface area contributed by atoms with E-state index in [0.717, 1.165) is 40.2 Å². The lowest BCUT2D eigenvalue weighted by atomic mass is 10.1. The smallest absolute Gasteiger partial charge is 0.269 e. The number of benzene rings is 2. The topological polar surface area (TPSA) is 35.9 Å². The third kappa shape index (κ3) is 3.91. The van der Waals surface area contributed by atoms with Gasteiger partial charge in [0.15, 0.2) is 5.17 Å². The van der Waals surface area contributed by atoms with Crippen LogP contribution in [-0.4, -0.2) is 29.1 Å². The van der Waals surface area contributed by atoms with Gasteiger partial charge < -0.3 is 4.90 Å². The Balaban J connectivity index is 1.74. The molecule has 2 aromatic carbocycles. The number of nitrogens with zero attached hydrogens (tertiary/aromatic N) is 3.